The Balaban J connectivity index is 1.39. The number of carboxylic acid groups (broad SMARTS) is 1. The number of hydrogen-bond donors (Lipinski definition) is 3. The van der Waals surface area contributed by atoms with Crippen LogP contribution in [-0.4, -0.2) is 55.5 Å². The van der Waals surface area contributed by atoms with Gasteiger partial charge in [-0.25, -0.2) is 9.59 Å². The van der Waals surface area contributed by atoms with Crippen molar-refractivity contribution in [1.29, 1.82) is 0 Å². The molecule has 0 saturated carbocycles. The highest BCUT2D eigenvalue weighted by molar-refractivity contribution is 5.84. The maximum absolute atomic E-state index is 12.1. The molecule has 0 fully saturated rings. The van der Waals surface area contributed by atoms with E-state index in [2.05, 4.69) is 34.9 Å². The minimum Gasteiger partial charge on any atom is -0.480 e. The molecule has 33 heavy (non-hydrogen) atoms. The van der Waals surface area contributed by atoms with Crippen molar-refractivity contribution in [1.82, 2.24) is 10.6 Å². The molecular weight excluding hydrogens is 424 g/mol. The molecular formula is C25H30N2O6. The van der Waals surface area contributed by atoms with Crippen LogP contribution < -0.4 is 10.6 Å². The molecule has 176 valence electrons. The number of benzene rings is 2. The molecule has 0 aromatic heterocycles. The van der Waals surface area contributed by atoms with Gasteiger partial charge in [-0.15, -0.1) is 0 Å². The topological polar surface area (TPSA) is 114 Å². The van der Waals surface area contributed by atoms with Crippen molar-refractivity contribution < 1.29 is 29.0 Å². The Bertz CT molecular complexity index is 968. The largest absolute Gasteiger partial charge is 0.480 e. The zero-order valence-electron chi connectivity index (χ0n) is 19.1. The number of rotatable bonds is 9. The lowest BCUT2D eigenvalue weighted by atomic mass is 9.87. The lowest BCUT2D eigenvalue weighted by Crippen LogP contribution is -2.50. The summed E-state index contributed by atoms with van der Waals surface area (Å²) < 4.78 is 10.7. The normalized spacial score (nSPS) is 13.5. The Morgan fingerprint density at radius 2 is 1.58 bits per heavy atom. The van der Waals surface area contributed by atoms with Crippen molar-refractivity contribution in [2.24, 2.45) is 5.41 Å². The Morgan fingerprint density at radius 3 is 2.12 bits per heavy atom. The van der Waals surface area contributed by atoms with Crippen molar-refractivity contribution in [3.63, 3.8) is 0 Å². The van der Waals surface area contributed by atoms with E-state index in [1.54, 1.807) is 20.8 Å². The lowest BCUT2D eigenvalue weighted by Gasteiger charge is -2.27. The van der Waals surface area contributed by atoms with E-state index >= 15 is 0 Å². The summed E-state index contributed by atoms with van der Waals surface area (Å²) >= 11 is 0. The van der Waals surface area contributed by atoms with E-state index in [4.69, 9.17) is 9.47 Å². The fourth-order valence-corrected chi connectivity index (χ4v) is 3.89. The number of hydrogen-bond acceptors (Lipinski definition) is 5. The van der Waals surface area contributed by atoms with Gasteiger partial charge in [-0.05, 0) is 27.7 Å². The van der Waals surface area contributed by atoms with Gasteiger partial charge in [0, 0.05) is 12.5 Å². The van der Waals surface area contributed by atoms with Gasteiger partial charge < -0.3 is 25.2 Å². The van der Waals surface area contributed by atoms with E-state index in [-0.39, 0.29) is 32.3 Å². The monoisotopic (exact) mass is 454 g/mol. The Kier molecular flexibility index (Phi) is 7.71. The van der Waals surface area contributed by atoms with Gasteiger partial charge in [0.05, 0.1) is 6.61 Å². The molecule has 0 saturated heterocycles. The van der Waals surface area contributed by atoms with E-state index in [9.17, 15) is 19.5 Å². The average molecular weight is 455 g/mol. The van der Waals surface area contributed by atoms with E-state index in [1.807, 2.05) is 24.3 Å². The second kappa shape index (κ2) is 10.5. The fourth-order valence-electron chi connectivity index (χ4n) is 3.89. The third-order valence-corrected chi connectivity index (χ3v) is 5.51. The van der Waals surface area contributed by atoms with Crippen LogP contribution >= 0.6 is 0 Å². The van der Waals surface area contributed by atoms with Gasteiger partial charge >= 0.3 is 12.1 Å². The molecule has 1 atom stereocenters. The minimum atomic E-state index is -1.10. The molecule has 0 aliphatic heterocycles. The van der Waals surface area contributed by atoms with Crippen molar-refractivity contribution in [3.05, 3.63) is 59.7 Å². The van der Waals surface area contributed by atoms with Crippen LogP contribution in [0.4, 0.5) is 4.79 Å². The molecule has 3 rings (SSSR count). The quantitative estimate of drug-likeness (QED) is 0.502. The highest BCUT2D eigenvalue weighted by atomic mass is 16.5. The number of fused-ring (bicyclic) bond motifs is 3. The maximum Gasteiger partial charge on any atom is 0.407 e. The summed E-state index contributed by atoms with van der Waals surface area (Å²) in [7, 11) is 0. The SMILES string of the molecule is CC(C)(C)C(NC(=O)COCCNC(=O)OCC1c2ccccc2-c2ccccc21)C(=O)O. The third-order valence-electron chi connectivity index (χ3n) is 5.51. The number of alkyl carbamates (subject to hydrolysis) is 1. The summed E-state index contributed by atoms with van der Waals surface area (Å²) in [5, 5.41) is 14.3. The summed E-state index contributed by atoms with van der Waals surface area (Å²) in [5.74, 6) is -1.65. The van der Waals surface area contributed by atoms with Gasteiger partial charge in [-0.2, -0.15) is 0 Å². The first-order chi connectivity index (χ1) is 15.7. The highest BCUT2D eigenvalue weighted by Gasteiger charge is 2.32. The second-order valence-electron chi connectivity index (χ2n) is 9.01. The van der Waals surface area contributed by atoms with Gasteiger partial charge in [-0.3, -0.25) is 4.79 Å². The van der Waals surface area contributed by atoms with Crippen LogP contribution in [0.15, 0.2) is 48.5 Å². The molecule has 0 bridgehead atoms. The predicted molar refractivity (Wildman–Crippen MR) is 123 cm³/mol. The summed E-state index contributed by atoms with van der Waals surface area (Å²) in [6.45, 7) is 5.34. The van der Waals surface area contributed by atoms with Crippen LogP contribution in [0.25, 0.3) is 11.1 Å². The molecule has 2 aromatic carbocycles. The molecule has 0 spiro atoms. The van der Waals surface area contributed by atoms with Gasteiger partial charge in [-0.1, -0.05) is 69.3 Å². The smallest absolute Gasteiger partial charge is 0.407 e. The molecule has 1 aliphatic carbocycles. The van der Waals surface area contributed by atoms with Gasteiger partial charge in [0.25, 0.3) is 0 Å². The number of amides is 2. The first-order valence-corrected chi connectivity index (χ1v) is 10.9. The number of carbonyl (C=O) groups is 3. The average Bonchev–Trinajstić information content (AvgIpc) is 3.08. The Labute approximate surface area is 193 Å². The van der Waals surface area contributed by atoms with Crippen LogP contribution in [0.2, 0.25) is 0 Å². The van der Waals surface area contributed by atoms with Gasteiger partial charge in [0.2, 0.25) is 5.91 Å². The first kappa shape index (κ1) is 24.3. The summed E-state index contributed by atoms with van der Waals surface area (Å²) in [4.78, 5) is 35.4. The molecule has 1 aliphatic rings. The summed E-state index contributed by atoms with van der Waals surface area (Å²) in [5.41, 5.74) is 3.95. The maximum atomic E-state index is 12.1. The van der Waals surface area contributed by atoms with Crippen LogP contribution in [0, 0.1) is 5.41 Å². The van der Waals surface area contributed by atoms with Crippen LogP contribution in [0.3, 0.4) is 0 Å². The standard InChI is InChI=1S/C25H30N2O6/c1-25(2,3)22(23(29)30)27-21(28)15-32-13-12-26-24(31)33-14-20-18-10-6-4-8-16(18)17-9-5-7-11-19(17)20/h4-11,20,22H,12-15H2,1-3H3,(H,26,31)(H,27,28)(H,29,30). The van der Waals surface area contributed by atoms with Gasteiger partial charge in [0.1, 0.15) is 19.3 Å². The summed E-state index contributed by atoms with van der Waals surface area (Å²) in [6, 6.07) is 15.2. The van der Waals surface area contributed by atoms with Crippen molar-refractivity contribution in [2.45, 2.75) is 32.7 Å². The molecule has 3 N–H and O–H groups in total. The number of ether oxygens (including phenoxy) is 2. The van der Waals surface area contributed by atoms with E-state index in [1.165, 1.54) is 0 Å². The molecule has 8 heteroatoms. The minimum absolute atomic E-state index is 0.0203. The third kappa shape index (κ3) is 6.10. The number of aliphatic carboxylic acids is 1. The zero-order chi connectivity index (χ0) is 24.0. The Morgan fingerprint density at radius 1 is 1.00 bits per heavy atom. The van der Waals surface area contributed by atoms with Crippen LogP contribution in [0.5, 0.6) is 0 Å². The molecule has 2 amide bonds. The zero-order valence-corrected chi connectivity index (χ0v) is 19.1. The lowest BCUT2D eigenvalue weighted by molar-refractivity contribution is -0.145. The van der Waals surface area contributed by atoms with Gasteiger partial charge in [0.15, 0.2) is 0 Å². The van der Waals surface area contributed by atoms with E-state index < -0.39 is 29.4 Å². The van der Waals surface area contributed by atoms with E-state index in [0.717, 1.165) is 22.3 Å². The number of carboxylic acids is 1. The summed E-state index contributed by atoms with van der Waals surface area (Å²) in [6.07, 6.45) is -0.566. The number of nitrogens with one attached hydrogen (secondary N) is 2. The molecule has 0 heterocycles. The highest BCUT2D eigenvalue weighted by Crippen LogP contribution is 2.44. The van der Waals surface area contributed by atoms with Crippen molar-refractivity contribution in [2.75, 3.05) is 26.4 Å². The fraction of sp³-hybridized carbons (Fsp3) is 0.400. The molecule has 2 aromatic rings. The van der Waals surface area contributed by atoms with E-state index in [0.29, 0.717) is 0 Å². The molecule has 8 nitrogen and oxygen atoms in total. The number of carbonyl (C=O) groups excluding carboxylic acids is 2. The Hall–Kier alpha value is -3.39. The molecule has 0 radical (unpaired) electrons. The van der Waals surface area contributed by atoms with Crippen molar-refractivity contribution >= 4 is 18.0 Å². The van der Waals surface area contributed by atoms with Crippen LogP contribution in [-0.2, 0) is 19.1 Å². The van der Waals surface area contributed by atoms with Crippen molar-refractivity contribution in [3.8, 4) is 11.1 Å². The molecule has 1 unspecified atom stereocenters. The second-order valence-corrected chi connectivity index (χ2v) is 9.01. The first-order valence-electron chi connectivity index (χ1n) is 10.9. The predicted octanol–water partition coefficient (Wildman–Crippen LogP) is 3.16. The van der Waals surface area contributed by atoms with Crippen LogP contribution in [0.1, 0.15) is 37.8 Å².